The highest BCUT2D eigenvalue weighted by atomic mass is 16.2. The molecule has 0 bridgehead atoms. The molecule has 2 rings (SSSR count). The molecule has 15 heavy (non-hydrogen) atoms. The Hall–Kier alpha value is -1.36. The molecular formula is C10H16N4O. The van der Waals surface area contributed by atoms with E-state index in [1.54, 1.807) is 17.1 Å². The van der Waals surface area contributed by atoms with Gasteiger partial charge >= 0.3 is 0 Å². The van der Waals surface area contributed by atoms with Gasteiger partial charge in [-0.3, -0.25) is 4.79 Å². The van der Waals surface area contributed by atoms with Gasteiger partial charge in [0.05, 0.1) is 18.1 Å². The molecule has 5 heteroatoms. The quantitative estimate of drug-likeness (QED) is 0.713. The topological polar surface area (TPSA) is 59.0 Å². The van der Waals surface area contributed by atoms with Crippen LogP contribution in [0.25, 0.3) is 0 Å². The first-order valence-corrected chi connectivity index (χ1v) is 5.10. The lowest BCUT2D eigenvalue weighted by Crippen LogP contribution is -2.47. The molecule has 1 saturated heterocycles. The molecule has 0 aliphatic carbocycles. The molecule has 1 atom stereocenters. The van der Waals surface area contributed by atoms with E-state index in [9.17, 15) is 4.79 Å². The van der Waals surface area contributed by atoms with Gasteiger partial charge in [0.25, 0.3) is 5.91 Å². The maximum Gasteiger partial charge on any atom is 0.270 e. The summed E-state index contributed by atoms with van der Waals surface area (Å²) in [6, 6.07) is 0. The summed E-state index contributed by atoms with van der Waals surface area (Å²) in [5.74, 6) is -0.0544. The summed E-state index contributed by atoms with van der Waals surface area (Å²) in [5.41, 5.74) is 0.476. The lowest BCUT2D eigenvalue weighted by molar-refractivity contribution is 0.0904. The average molecular weight is 208 g/mol. The first-order chi connectivity index (χ1) is 7.11. The van der Waals surface area contributed by atoms with Gasteiger partial charge < -0.3 is 15.2 Å². The van der Waals surface area contributed by atoms with E-state index in [1.807, 2.05) is 7.05 Å². The Morgan fingerprint density at radius 2 is 2.53 bits per heavy atom. The highest BCUT2D eigenvalue weighted by Crippen LogP contribution is 2.14. The van der Waals surface area contributed by atoms with Crippen molar-refractivity contribution in [2.45, 2.75) is 18.9 Å². The zero-order valence-corrected chi connectivity index (χ0v) is 9.08. The molecule has 1 aromatic heterocycles. The van der Waals surface area contributed by atoms with Crippen molar-refractivity contribution in [3.05, 3.63) is 18.2 Å². The maximum absolute atomic E-state index is 11.9. The van der Waals surface area contributed by atoms with E-state index in [4.69, 9.17) is 0 Å². The van der Waals surface area contributed by atoms with Crippen LogP contribution in [0.15, 0.2) is 12.5 Å². The van der Waals surface area contributed by atoms with E-state index >= 15 is 0 Å². The predicted molar refractivity (Wildman–Crippen MR) is 56.6 cm³/mol. The van der Waals surface area contributed by atoms with Gasteiger partial charge in [-0.1, -0.05) is 0 Å². The Labute approximate surface area is 88.9 Å². The van der Waals surface area contributed by atoms with E-state index in [2.05, 4.69) is 22.5 Å². The zero-order valence-electron chi connectivity index (χ0n) is 9.08. The van der Waals surface area contributed by atoms with Crippen molar-refractivity contribution >= 4 is 5.91 Å². The number of rotatable bonds is 2. The molecular weight excluding hydrogens is 192 g/mol. The SMILES string of the molecule is Cn1cncc1C(=O)NC1(C)CCNC1. The minimum atomic E-state index is -0.124. The maximum atomic E-state index is 11.9. The molecule has 0 saturated carbocycles. The lowest BCUT2D eigenvalue weighted by Gasteiger charge is -2.24. The molecule has 0 spiro atoms. The third-order valence-corrected chi connectivity index (χ3v) is 2.83. The number of carbonyl (C=O) groups is 1. The number of amides is 1. The van der Waals surface area contributed by atoms with Crippen molar-refractivity contribution in [2.75, 3.05) is 13.1 Å². The number of nitrogens with zero attached hydrogens (tertiary/aromatic N) is 2. The van der Waals surface area contributed by atoms with Crippen molar-refractivity contribution in [2.24, 2.45) is 7.05 Å². The molecule has 1 aromatic rings. The fraction of sp³-hybridized carbons (Fsp3) is 0.600. The highest BCUT2D eigenvalue weighted by molar-refractivity contribution is 5.92. The second-order valence-corrected chi connectivity index (χ2v) is 4.33. The number of imidazole rings is 1. The van der Waals surface area contributed by atoms with Crippen molar-refractivity contribution in [1.29, 1.82) is 0 Å². The van der Waals surface area contributed by atoms with Crippen molar-refractivity contribution in [3.8, 4) is 0 Å². The number of hydrogen-bond donors (Lipinski definition) is 2. The third-order valence-electron chi connectivity index (χ3n) is 2.83. The van der Waals surface area contributed by atoms with Crippen LogP contribution in [0.3, 0.4) is 0 Å². The van der Waals surface area contributed by atoms with E-state index in [0.717, 1.165) is 19.5 Å². The van der Waals surface area contributed by atoms with Crippen LogP contribution in [0.4, 0.5) is 0 Å². The summed E-state index contributed by atoms with van der Waals surface area (Å²) in [5, 5.41) is 6.28. The van der Waals surface area contributed by atoms with E-state index in [-0.39, 0.29) is 11.4 Å². The molecule has 1 amide bonds. The Balaban J connectivity index is 2.07. The second-order valence-electron chi connectivity index (χ2n) is 4.33. The van der Waals surface area contributed by atoms with Gasteiger partial charge in [0, 0.05) is 13.6 Å². The summed E-state index contributed by atoms with van der Waals surface area (Å²) >= 11 is 0. The fourth-order valence-electron chi connectivity index (χ4n) is 1.84. The zero-order chi connectivity index (χ0) is 10.9. The van der Waals surface area contributed by atoms with E-state index in [0.29, 0.717) is 5.69 Å². The smallest absolute Gasteiger partial charge is 0.270 e. The molecule has 1 aliphatic rings. The van der Waals surface area contributed by atoms with Crippen molar-refractivity contribution in [3.63, 3.8) is 0 Å². The summed E-state index contributed by atoms with van der Waals surface area (Å²) in [4.78, 5) is 15.8. The number of aromatic nitrogens is 2. The van der Waals surface area contributed by atoms with Gasteiger partial charge in [0.15, 0.2) is 0 Å². The average Bonchev–Trinajstić information content (AvgIpc) is 2.74. The number of nitrogens with one attached hydrogen (secondary N) is 2. The van der Waals surface area contributed by atoms with Gasteiger partial charge in [0.1, 0.15) is 5.69 Å². The largest absolute Gasteiger partial charge is 0.344 e. The molecule has 2 N–H and O–H groups in total. The summed E-state index contributed by atoms with van der Waals surface area (Å²) in [7, 11) is 1.82. The van der Waals surface area contributed by atoms with E-state index in [1.165, 1.54) is 0 Å². The molecule has 82 valence electrons. The monoisotopic (exact) mass is 208 g/mol. The predicted octanol–water partition coefficient (Wildman–Crippen LogP) is -0.0981. The molecule has 1 aliphatic heterocycles. The van der Waals surface area contributed by atoms with Gasteiger partial charge in [-0.25, -0.2) is 4.98 Å². The van der Waals surface area contributed by atoms with Crippen molar-refractivity contribution < 1.29 is 4.79 Å². The number of hydrogen-bond acceptors (Lipinski definition) is 3. The van der Waals surface area contributed by atoms with Crippen LogP contribution in [0.2, 0.25) is 0 Å². The molecule has 5 nitrogen and oxygen atoms in total. The number of aryl methyl sites for hydroxylation is 1. The second kappa shape index (κ2) is 3.66. The summed E-state index contributed by atoms with van der Waals surface area (Å²) < 4.78 is 1.72. The molecule has 0 aromatic carbocycles. The van der Waals surface area contributed by atoms with E-state index < -0.39 is 0 Å². The third kappa shape index (κ3) is 2.02. The Kier molecular flexibility index (Phi) is 2.48. The molecule has 1 fully saturated rings. The number of carbonyl (C=O) groups excluding carboxylic acids is 1. The van der Waals surface area contributed by atoms with Gasteiger partial charge in [-0.2, -0.15) is 0 Å². The molecule has 0 radical (unpaired) electrons. The van der Waals surface area contributed by atoms with Crippen LogP contribution >= 0.6 is 0 Å². The molecule has 2 heterocycles. The fourth-order valence-corrected chi connectivity index (χ4v) is 1.84. The van der Waals surface area contributed by atoms with Crippen LogP contribution in [0.5, 0.6) is 0 Å². The Morgan fingerprint density at radius 1 is 1.73 bits per heavy atom. The van der Waals surface area contributed by atoms with Gasteiger partial charge in [-0.05, 0) is 19.9 Å². The van der Waals surface area contributed by atoms with Crippen molar-refractivity contribution in [1.82, 2.24) is 20.2 Å². The van der Waals surface area contributed by atoms with Crippen LogP contribution in [0.1, 0.15) is 23.8 Å². The van der Waals surface area contributed by atoms with Gasteiger partial charge in [0.2, 0.25) is 0 Å². The van der Waals surface area contributed by atoms with Crippen LogP contribution in [-0.2, 0) is 7.05 Å². The normalized spacial score (nSPS) is 25.5. The van der Waals surface area contributed by atoms with Crippen LogP contribution in [-0.4, -0.2) is 34.1 Å². The first kappa shape index (κ1) is 10.2. The molecule has 1 unspecified atom stereocenters. The first-order valence-electron chi connectivity index (χ1n) is 5.10. The standard InChI is InChI=1S/C10H16N4O/c1-10(3-4-11-6-10)13-9(15)8-5-12-7-14(8)2/h5,7,11H,3-4,6H2,1-2H3,(H,13,15). The van der Waals surface area contributed by atoms with Crippen LogP contribution < -0.4 is 10.6 Å². The summed E-state index contributed by atoms with van der Waals surface area (Å²) in [6.45, 7) is 3.85. The Bertz CT molecular complexity index is 365. The van der Waals surface area contributed by atoms with Gasteiger partial charge in [-0.15, -0.1) is 0 Å². The summed E-state index contributed by atoms with van der Waals surface area (Å²) in [6.07, 6.45) is 4.18. The minimum absolute atomic E-state index is 0.0544. The minimum Gasteiger partial charge on any atom is -0.344 e. The van der Waals surface area contributed by atoms with Crippen LogP contribution in [0, 0.1) is 0 Å². The highest BCUT2D eigenvalue weighted by Gasteiger charge is 2.30. The lowest BCUT2D eigenvalue weighted by atomic mass is 10.0. The Morgan fingerprint density at radius 3 is 3.07 bits per heavy atom.